The molecule has 2 N–H and O–H groups in total. The molecular weight excluding hydrogens is 262 g/mol. The summed E-state index contributed by atoms with van der Waals surface area (Å²) in [4.78, 5) is 4.21. The lowest BCUT2D eigenvalue weighted by molar-refractivity contribution is 0.00578. The average molecular weight is 283 g/mol. The Morgan fingerprint density at radius 2 is 1.74 bits per heavy atom. The average Bonchev–Trinajstić information content (AvgIpc) is 2.47. The number of hydrogen-bond donors (Lipinski definition) is 1. The minimum Gasteiger partial charge on any atom is -0.399 e. The summed E-state index contributed by atoms with van der Waals surface area (Å²) in [5, 5.41) is 0.402. The van der Waals surface area contributed by atoms with Gasteiger partial charge in [0.1, 0.15) is 5.15 Å². The van der Waals surface area contributed by atoms with Crippen molar-refractivity contribution in [2.45, 2.75) is 51.9 Å². The van der Waals surface area contributed by atoms with Crippen LogP contribution < -0.4 is 11.2 Å². The Morgan fingerprint density at radius 3 is 2.21 bits per heavy atom. The van der Waals surface area contributed by atoms with Gasteiger partial charge in [-0.25, -0.2) is 4.98 Å². The van der Waals surface area contributed by atoms with Crippen molar-refractivity contribution >= 4 is 24.2 Å². The fourth-order valence-electron chi connectivity index (χ4n) is 1.89. The van der Waals surface area contributed by atoms with Gasteiger partial charge in [0, 0.05) is 6.04 Å². The molecule has 1 unspecified atom stereocenters. The van der Waals surface area contributed by atoms with E-state index in [1.165, 1.54) is 0 Å². The van der Waals surface area contributed by atoms with E-state index in [2.05, 4.69) is 4.98 Å². The van der Waals surface area contributed by atoms with E-state index in [4.69, 9.17) is 26.6 Å². The van der Waals surface area contributed by atoms with Gasteiger partial charge in [0.25, 0.3) is 0 Å². The summed E-state index contributed by atoms with van der Waals surface area (Å²) in [6.07, 6.45) is 0. The maximum absolute atomic E-state index is 6.04. The van der Waals surface area contributed by atoms with E-state index in [9.17, 15) is 0 Å². The lowest BCUT2D eigenvalue weighted by Crippen LogP contribution is -2.41. The summed E-state index contributed by atoms with van der Waals surface area (Å²) in [5.74, 6) is 0. The highest BCUT2D eigenvalue weighted by Gasteiger charge is 2.51. The van der Waals surface area contributed by atoms with E-state index in [1.54, 1.807) is 6.07 Å². The fourth-order valence-corrected chi connectivity index (χ4v) is 2.11. The number of hydrogen-bond acceptors (Lipinski definition) is 4. The van der Waals surface area contributed by atoms with Gasteiger partial charge < -0.3 is 15.0 Å². The van der Waals surface area contributed by atoms with Crippen molar-refractivity contribution in [3.8, 4) is 0 Å². The van der Waals surface area contributed by atoms with Crippen molar-refractivity contribution in [1.29, 1.82) is 0 Å². The fraction of sp³-hybridized carbons (Fsp3) is 0.615. The zero-order chi connectivity index (χ0) is 14.4. The van der Waals surface area contributed by atoms with Crippen LogP contribution in [0.3, 0.4) is 0 Å². The lowest BCUT2D eigenvalue weighted by Gasteiger charge is -2.32. The number of nitrogens with two attached hydrogens (primary N) is 1. The minimum absolute atomic E-state index is 0.181. The monoisotopic (exact) mass is 282 g/mol. The van der Waals surface area contributed by atoms with Crippen LogP contribution in [0.2, 0.25) is 5.15 Å². The van der Waals surface area contributed by atoms with Crippen molar-refractivity contribution in [2.75, 3.05) is 0 Å². The number of nitrogens with zero attached hydrogens (tertiary/aromatic N) is 1. The smallest absolute Gasteiger partial charge is 0.399 e. The van der Waals surface area contributed by atoms with Crippen LogP contribution in [0.1, 0.15) is 46.4 Å². The van der Waals surface area contributed by atoms with Gasteiger partial charge >= 0.3 is 7.12 Å². The Morgan fingerprint density at radius 1 is 1.21 bits per heavy atom. The second-order valence-electron chi connectivity index (χ2n) is 6.02. The van der Waals surface area contributed by atoms with Gasteiger partial charge in [-0.3, -0.25) is 0 Å². The third-order valence-electron chi connectivity index (χ3n) is 3.83. The highest BCUT2D eigenvalue weighted by atomic mass is 35.5. The quantitative estimate of drug-likeness (QED) is 0.666. The second-order valence-corrected chi connectivity index (χ2v) is 6.41. The summed E-state index contributed by atoms with van der Waals surface area (Å²) >= 11 is 6.04. The first-order valence-electron chi connectivity index (χ1n) is 6.41. The molecule has 0 saturated carbocycles. The molecule has 1 saturated heterocycles. The summed E-state index contributed by atoms with van der Waals surface area (Å²) in [6.45, 7) is 9.93. The molecule has 0 aliphatic carbocycles. The maximum Gasteiger partial charge on any atom is 0.495 e. The number of rotatable bonds is 2. The van der Waals surface area contributed by atoms with Gasteiger partial charge in [-0.05, 0) is 52.2 Å². The Balaban J connectivity index is 2.34. The minimum atomic E-state index is -0.442. The standard InChI is InChI=1S/C13H20BClN2O2/c1-8(16)10-6-9(7-11(15)17-10)14-18-12(2,3)13(4,5)19-14/h6-8H,16H2,1-5H3. The molecule has 0 spiro atoms. The number of halogens is 1. The Kier molecular flexibility index (Phi) is 3.69. The summed E-state index contributed by atoms with van der Waals surface area (Å²) in [7, 11) is -0.442. The highest BCUT2D eigenvalue weighted by Crippen LogP contribution is 2.36. The van der Waals surface area contributed by atoms with Crippen molar-refractivity contribution < 1.29 is 9.31 Å². The largest absolute Gasteiger partial charge is 0.495 e. The molecule has 0 amide bonds. The molecular formula is C13H20BClN2O2. The Bertz CT molecular complexity index is 476. The summed E-state index contributed by atoms with van der Waals surface area (Å²) in [5.41, 5.74) is 6.69. The molecule has 0 aromatic carbocycles. The molecule has 4 nitrogen and oxygen atoms in total. The van der Waals surface area contributed by atoms with Crippen LogP contribution in [0.25, 0.3) is 0 Å². The van der Waals surface area contributed by atoms with Gasteiger partial charge in [0.15, 0.2) is 0 Å². The Hall–Kier alpha value is -0.615. The van der Waals surface area contributed by atoms with Crippen LogP contribution in [0, 0.1) is 0 Å². The van der Waals surface area contributed by atoms with Crippen LogP contribution in [-0.2, 0) is 9.31 Å². The van der Waals surface area contributed by atoms with Gasteiger partial charge in [-0.1, -0.05) is 11.6 Å². The third kappa shape index (κ3) is 2.79. The molecule has 2 heterocycles. The van der Waals surface area contributed by atoms with Gasteiger partial charge in [-0.15, -0.1) is 0 Å². The van der Waals surface area contributed by atoms with Crippen LogP contribution in [0.4, 0.5) is 0 Å². The SMILES string of the molecule is CC(N)c1cc(B2OC(C)(C)C(C)(C)O2)cc(Cl)n1. The highest BCUT2D eigenvalue weighted by molar-refractivity contribution is 6.62. The molecule has 0 bridgehead atoms. The van der Waals surface area contributed by atoms with Crippen LogP contribution in [0.5, 0.6) is 0 Å². The van der Waals surface area contributed by atoms with Crippen molar-refractivity contribution in [3.63, 3.8) is 0 Å². The summed E-state index contributed by atoms with van der Waals surface area (Å²) in [6, 6.07) is 3.47. The lowest BCUT2D eigenvalue weighted by atomic mass is 9.79. The van der Waals surface area contributed by atoms with E-state index in [0.717, 1.165) is 11.2 Å². The van der Waals surface area contributed by atoms with E-state index < -0.39 is 7.12 Å². The van der Waals surface area contributed by atoms with Gasteiger partial charge in [-0.2, -0.15) is 0 Å². The van der Waals surface area contributed by atoms with E-state index in [-0.39, 0.29) is 17.2 Å². The second kappa shape index (κ2) is 4.74. The maximum atomic E-state index is 6.04. The van der Waals surface area contributed by atoms with Crippen molar-refractivity contribution in [1.82, 2.24) is 4.98 Å². The van der Waals surface area contributed by atoms with Crippen LogP contribution in [0.15, 0.2) is 12.1 Å². The van der Waals surface area contributed by atoms with Gasteiger partial charge in [0.05, 0.1) is 16.9 Å². The summed E-state index contributed by atoms with van der Waals surface area (Å²) < 4.78 is 12.0. The van der Waals surface area contributed by atoms with Crippen LogP contribution in [-0.4, -0.2) is 23.3 Å². The first-order valence-corrected chi connectivity index (χ1v) is 6.79. The molecule has 2 rings (SSSR count). The molecule has 104 valence electrons. The molecule has 1 fully saturated rings. The first kappa shape index (κ1) is 14.8. The van der Waals surface area contributed by atoms with E-state index >= 15 is 0 Å². The predicted molar refractivity (Wildman–Crippen MR) is 77.6 cm³/mol. The molecule has 1 aromatic rings. The van der Waals surface area contributed by atoms with Crippen molar-refractivity contribution in [2.24, 2.45) is 5.73 Å². The zero-order valence-corrected chi connectivity index (χ0v) is 12.8. The third-order valence-corrected chi connectivity index (χ3v) is 4.02. The number of aromatic nitrogens is 1. The normalized spacial score (nSPS) is 22.6. The van der Waals surface area contributed by atoms with Crippen molar-refractivity contribution in [3.05, 3.63) is 23.0 Å². The predicted octanol–water partition coefficient (Wildman–Crippen LogP) is 2.05. The zero-order valence-electron chi connectivity index (χ0n) is 12.0. The van der Waals surface area contributed by atoms with Gasteiger partial charge in [0.2, 0.25) is 0 Å². The molecule has 1 aliphatic heterocycles. The molecule has 1 aliphatic rings. The molecule has 19 heavy (non-hydrogen) atoms. The topological polar surface area (TPSA) is 57.4 Å². The Labute approximate surface area is 119 Å². The molecule has 0 radical (unpaired) electrons. The van der Waals surface area contributed by atoms with Crippen LogP contribution >= 0.6 is 11.6 Å². The number of pyridine rings is 1. The molecule has 1 aromatic heterocycles. The molecule has 6 heteroatoms. The van der Waals surface area contributed by atoms with E-state index in [1.807, 2.05) is 40.7 Å². The molecule has 1 atom stereocenters. The van der Waals surface area contributed by atoms with E-state index in [0.29, 0.717) is 5.15 Å². The first-order chi connectivity index (χ1) is 8.62.